The number of hydrogen-bond acceptors (Lipinski definition) is 2. The Labute approximate surface area is 86.3 Å². The zero-order valence-corrected chi connectivity index (χ0v) is 12.1. The molecule has 0 fully saturated rings. The zero-order chi connectivity index (χ0) is 10.5. The summed E-state index contributed by atoms with van der Waals surface area (Å²) in [6.07, 6.45) is 0. The molecule has 0 aromatic carbocycles. The molecule has 0 radical (unpaired) electrons. The summed E-state index contributed by atoms with van der Waals surface area (Å²) >= 11 is 0. The summed E-state index contributed by atoms with van der Waals surface area (Å²) in [5, 5.41) is 7.40. The lowest BCUT2D eigenvalue weighted by Gasteiger charge is -2.43. The minimum atomic E-state index is 0.317. The van der Waals surface area contributed by atoms with Gasteiger partial charge >= 0.3 is 0 Å². The van der Waals surface area contributed by atoms with Crippen LogP contribution in [-0.4, -0.2) is 35.0 Å². The molecule has 0 aromatic heterocycles. The predicted molar refractivity (Wildman–Crippen MR) is 64.3 cm³/mol. The first-order valence-corrected chi connectivity index (χ1v) is 6.33. The molecule has 0 aliphatic rings. The summed E-state index contributed by atoms with van der Waals surface area (Å²) in [6.45, 7) is 14.5. The summed E-state index contributed by atoms with van der Waals surface area (Å²) < 4.78 is 0. The van der Waals surface area contributed by atoms with Gasteiger partial charge in [0.25, 0.3) is 0 Å². The van der Waals surface area contributed by atoms with Crippen molar-refractivity contribution in [1.29, 1.82) is 0 Å². The fourth-order valence-corrected chi connectivity index (χ4v) is 1.96. The molecule has 0 bridgehead atoms. The van der Waals surface area contributed by atoms with Gasteiger partial charge in [-0.05, 0) is 18.5 Å². The van der Waals surface area contributed by atoms with Gasteiger partial charge in [0.05, 0.1) is 0 Å². The van der Waals surface area contributed by atoms with E-state index in [-0.39, 0.29) is 0 Å². The van der Waals surface area contributed by atoms with E-state index >= 15 is 0 Å². The molecular weight excluding hydrogens is 176 g/mol. The molecule has 0 aliphatic heterocycles. The van der Waals surface area contributed by atoms with Crippen LogP contribution in [0.1, 0.15) is 34.6 Å². The Morgan fingerprint density at radius 2 is 1.62 bits per heavy atom. The van der Waals surface area contributed by atoms with Gasteiger partial charge in [0.15, 0.2) is 0 Å². The summed E-state index contributed by atoms with van der Waals surface area (Å²) in [5.74, 6) is 0. The SMILES string of the molecule is CCNCC([SiH3])(NCC)C(C)(C)C. The molecule has 1 atom stereocenters. The third-order valence-electron chi connectivity index (χ3n) is 2.95. The number of nitrogens with one attached hydrogen (secondary N) is 2. The molecule has 13 heavy (non-hydrogen) atoms. The smallest absolute Gasteiger partial charge is 0.0304 e. The van der Waals surface area contributed by atoms with Crippen LogP contribution < -0.4 is 10.6 Å². The second-order valence-electron chi connectivity index (χ2n) is 4.89. The highest BCUT2D eigenvalue weighted by Crippen LogP contribution is 2.26. The molecule has 1 unspecified atom stereocenters. The highest BCUT2D eigenvalue weighted by Gasteiger charge is 2.35. The van der Waals surface area contributed by atoms with Gasteiger partial charge in [-0.1, -0.05) is 34.6 Å². The molecule has 2 nitrogen and oxygen atoms in total. The number of hydrogen-bond donors (Lipinski definition) is 2. The zero-order valence-electron chi connectivity index (χ0n) is 10.1. The minimum absolute atomic E-state index is 0.317. The standard InChI is InChI=1S/C10H26N2Si/c1-6-11-8-10(13,12-7-2)9(3,4)5/h11-12H,6-8H2,1-5,13H3. The highest BCUT2D eigenvalue weighted by molar-refractivity contribution is 6.16. The average Bonchev–Trinajstić information content (AvgIpc) is 1.99. The van der Waals surface area contributed by atoms with Gasteiger partial charge < -0.3 is 10.6 Å². The summed E-state index contributed by atoms with van der Waals surface area (Å²) in [4.78, 5) is 0. The molecule has 2 N–H and O–H groups in total. The van der Waals surface area contributed by atoms with Crippen molar-refractivity contribution in [1.82, 2.24) is 10.6 Å². The van der Waals surface area contributed by atoms with Crippen molar-refractivity contribution >= 4 is 10.2 Å². The Kier molecular flexibility index (Phi) is 5.18. The van der Waals surface area contributed by atoms with E-state index in [0.29, 0.717) is 10.6 Å². The van der Waals surface area contributed by atoms with Crippen molar-refractivity contribution in [2.24, 2.45) is 5.41 Å². The van der Waals surface area contributed by atoms with Gasteiger partial charge in [-0.3, -0.25) is 0 Å². The molecule has 0 saturated heterocycles. The topological polar surface area (TPSA) is 24.1 Å². The van der Waals surface area contributed by atoms with E-state index in [1.165, 1.54) is 10.2 Å². The van der Waals surface area contributed by atoms with Crippen LogP contribution in [0.2, 0.25) is 0 Å². The highest BCUT2D eigenvalue weighted by atomic mass is 28.1. The van der Waals surface area contributed by atoms with Gasteiger partial charge in [0.2, 0.25) is 0 Å². The Bertz CT molecular complexity index is 142. The van der Waals surface area contributed by atoms with E-state index in [9.17, 15) is 0 Å². The predicted octanol–water partition coefficient (Wildman–Crippen LogP) is 0.313. The quantitative estimate of drug-likeness (QED) is 0.627. The van der Waals surface area contributed by atoms with E-state index in [2.05, 4.69) is 45.3 Å². The fourth-order valence-electron chi connectivity index (χ4n) is 1.36. The van der Waals surface area contributed by atoms with Gasteiger partial charge in [-0.25, -0.2) is 0 Å². The van der Waals surface area contributed by atoms with Crippen LogP contribution >= 0.6 is 0 Å². The van der Waals surface area contributed by atoms with Crippen LogP contribution in [0, 0.1) is 5.41 Å². The fraction of sp³-hybridized carbons (Fsp3) is 1.00. The van der Waals surface area contributed by atoms with Gasteiger partial charge in [-0.15, -0.1) is 0 Å². The Hall–Kier alpha value is 0.137. The molecule has 0 aromatic rings. The van der Waals surface area contributed by atoms with Crippen molar-refractivity contribution in [3.05, 3.63) is 0 Å². The van der Waals surface area contributed by atoms with E-state index in [1.54, 1.807) is 0 Å². The Morgan fingerprint density at radius 3 is 1.92 bits per heavy atom. The minimum Gasteiger partial charge on any atom is -0.316 e. The van der Waals surface area contributed by atoms with Crippen LogP contribution in [0.25, 0.3) is 0 Å². The maximum Gasteiger partial charge on any atom is 0.0304 e. The molecule has 0 spiro atoms. The molecule has 0 amide bonds. The van der Waals surface area contributed by atoms with Crippen molar-refractivity contribution < 1.29 is 0 Å². The van der Waals surface area contributed by atoms with Crippen molar-refractivity contribution in [3.63, 3.8) is 0 Å². The lowest BCUT2D eigenvalue weighted by atomic mass is 9.85. The first-order valence-electron chi connectivity index (χ1n) is 5.33. The first-order chi connectivity index (χ1) is 5.87. The maximum atomic E-state index is 3.63. The normalized spacial score (nSPS) is 17.3. The molecule has 80 valence electrons. The van der Waals surface area contributed by atoms with Gasteiger partial charge in [0, 0.05) is 21.9 Å². The van der Waals surface area contributed by atoms with Crippen LogP contribution in [0.5, 0.6) is 0 Å². The van der Waals surface area contributed by atoms with Crippen LogP contribution in [-0.2, 0) is 0 Å². The molecule has 3 heteroatoms. The Balaban J connectivity index is 4.34. The third kappa shape index (κ3) is 3.79. The Morgan fingerprint density at radius 1 is 1.08 bits per heavy atom. The van der Waals surface area contributed by atoms with Crippen LogP contribution in [0.3, 0.4) is 0 Å². The van der Waals surface area contributed by atoms with Gasteiger partial charge in [0.1, 0.15) is 0 Å². The first kappa shape index (κ1) is 13.1. The number of rotatable bonds is 5. The van der Waals surface area contributed by atoms with Crippen molar-refractivity contribution in [3.8, 4) is 0 Å². The van der Waals surface area contributed by atoms with E-state index in [4.69, 9.17) is 0 Å². The molecule has 0 heterocycles. The van der Waals surface area contributed by atoms with Crippen molar-refractivity contribution in [2.75, 3.05) is 19.6 Å². The molecule has 0 rings (SSSR count). The summed E-state index contributed by atoms with van der Waals surface area (Å²) in [7, 11) is 1.18. The molecule has 0 aliphatic carbocycles. The van der Waals surface area contributed by atoms with E-state index in [0.717, 1.165) is 19.6 Å². The van der Waals surface area contributed by atoms with Gasteiger partial charge in [-0.2, -0.15) is 0 Å². The largest absolute Gasteiger partial charge is 0.316 e. The summed E-state index contributed by atoms with van der Waals surface area (Å²) in [6, 6.07) is 0. The molecule has 0 saturated carbocycles. The number of likely N-dealkylation sites (N-methyl/N-ethyl adjacent to an activating group) is 2. The van der Waals surface area contributed by atoms with Crippen LogP contribution in [0.4, 0.5) is 0 Å². The maximum absolute atomic E-state index is 3.63. The summed E-state index contributed by atoms with van der Waals surface area (Å²) in [5.41, 5.74) is 0.345. The van der Waals surface area contributed by atoms with Crippen molar-refractivity contribution in [2.45, 2.75) is 39.8 Å². The van der Waals surface area contributed by atoms with E-state index in [1.807, 2.05) is 0 Å². The second kappa shape index (κ2) is 5.13. The van der Waals surface area contributed by atoms with E-state index < -0.39 is 0 Å². The third-order valence-corrected chi connectivity index (χ3v) is 5.16. The lowest BCUT2D eigenvalue weighted by Crippen LogP contribution is -2.61. The monoisotopic (exact) mass is 202 g/mol. The second-order valence-corrected chi connectivity index (χ2v) is 6.60. The average molecular weight is 202 g/mol. The van der Waals surface area contributed by atoms with Crippen LogP contribution in [0.15, 0.2) is 0 Å². The lowest BCUT2D eigenvalue weighted by molar-refractivity contribution is 0.222. The molecular formula is C10H26N2Si.